The van der Waals surface area contributed by atoms with E-state index < -0.39 is 12.1 Å². The third-order valence-corrected chi connectivity index (χ3v) is 9.04. The summed E-state index contributed by atoms with van der Waals surface area (Å²) in [4.78, 5) is 36.1. The Balaban J connectivity index is 1.06. The first-order valence-corrected chi connectivity index (χ1v) is 15.0. The number of aliphatic imine (C=N–C) groups is 1. The number of nitrogens with one attached hydrogen (secondary N) is 1. The largest absolute Gasteiger partial charge is 0.459 e. The van der Waals surface area contributed by atoms with Crippen LogP contribution in [0.1, 0.15) is 28.8 Å². The predicted octanol–water partition coefficient (Wildman–Crippen LogP) is 5.26. The van der Waals surface area contributed by atoms with Gasteiger partial charge in [-0.1, -0.05) is 42.5 Å². The van der Waals surface area contributed by atoms with Gasteiger partial charge in [0, 0.05) is 11.4 Å². The SMILES string of the molecule is Cc1cc2c(s1)Nc1ccccc1N=C2N1CC[N+](C)(COC(=O)N2CCCC2C(=O)OCc2ccccc2)CC1. The van der Waals surface area contributed by atoms with Crippen molar-refractivity contribution in [2.45, 2.75) is 32.4 Å². The first-order valence-electron chi connectivity index (χ1n) is 14.2. The minimum Gasteiger partial charge on any atom is -0.459 e. The molecule has 1 atom stereocenters. The van der Waals surface area contributed by atoms with Crippen LogP contribution in [0, 0.1) is 6.92 Å². The lowest BCUT2D eigenvalue weighted by molar-refractivity contribution is -0.929. The number of hydrogen-bond acceptors (Lipinski definition) is 8. The van der Waals surface area contributed by atoms with Crippen molar-refractivity contribution in [3.05, 3.63) is 76.7 Å². The van der Waals surface area contributed by atoms with Crippen LogP contribution in [0.25, 0.3) is 0 Å². The topological polar surface area (TPSA) is 83.5 Å². The summed E-state index contributed by atoms with van der Waals surface area (Å²) in [5, 5.41) is 4.69. The first kappa shape index (κ1) is 27.3. The number of carbonyl (C=O) groups excluding carboxylic acids is 2. The molecule has 10 heteroatoms. The van der Waals surface area contributed by atoms with E-state index in [1.54, 1.807) is 11.3 Å². The maximum Gasteiger partial charge on any atom is 0.414 e. The molecular formula is C31H36N5O4S+. The number of esters is 1. The van der Waals surface area contributed by atoms with Crippen LogP contribution in [0.3, 0.4) is 0 Å². The zero-order valence-corrected chi connectivity index (χ0v) is 24.4. The molecule has 3 aliphatic heterocycles. The van der Waals surface area contributed by atoms with Gasteiger partial charge in [-0.2, -0.15) is 0 Å². The molecule has 0 spiro atoms. The second kappa shape index (κ2) is 11.5. The van der Waals surface area contributed by atoms with Gasteiger partial charge in [0.2, 0.25) is 6.73 Å². The van der Waals surface area contributed by atoms with Crippen LogP contribution in [-0.4, -0.2) is 84.7 Å². The fourth-order valence-corrected chi connectivity index (χ4v) is 6.55. The fourth-order valence-electron chi connectivity index (χ4n) is 5.63. The molecule has 2 saturated heterocycles. The molecule has 0 aliphatic carbocycles. The predicted molar refractivity (Wildman–Crippen MR) is 160 cm³/mol. The Morgan fingerprint density at radius 2 is 1.80 bits per heavy atom. The van der Waals surface area contributed by atoms with E-state index in [1.165, 1.54) is 9.78 Å². The molecule has 9 nitrogen and oxygen atoms in total. The lowest BCUT2D eigenvalue weighted by Gasteiger charge is -2.42. The van der Waals surface area contributed by atoms with E-state index in [0.29, 0.717) is 17.4 Å². The molecule has 3 aromatic rings. The summed E-state index contributed by atoms with van der Waals surface area (Å²) in [6, 6.07) is 19.3. The summed E-state index contributed by atoms with van der Waals surface area (Å²) >= 11 is 1.74. The number of carbonyl (C=O) groups is 2. The van der Waals surface area contributed by atoms with Crippen LogP contribution in [-0.2, 0) is 20.9 Å². The van der Waals surface area contributed by atoms with Gasteiger partial charge >= 0.3 is 12.1 Å². The van der Waals surface area contributed by atoms with E-state index in [2.05, 4.69) is 36.3 Å². The third kappa shape index (κ3) is 5.94. The number of hydrogen-bond donors (Lipinski definition) is 1. The molecule has 41 heavy (non-hydrogen) atoms. The lowest BCUT2D eigenvalue weighted by Crippen LogP contribution is -2.59. The number of piperazine rings is 1. The molecular weight excluding hydrogens is 538 g/mol. The van der Waals surface area contributed by atoms with Crippen molar-refractivity contribution >= 4 is 45.6 Å². The number of rotatable bonds is 5. The van der Waals surface area contributed by atoms with Gasteiger partial charge < -0.3 is 19.7 Å². The van der Waals surface area contributed by atoms with Crippen molar-refractivity contribution in [2.24, 2.45) is 4.99 Å². The van der Waals surface area contributed by atoms with Crippen LogP contribution >= 0.6 is 11.3 Å². The number of likely N-dealkylation sites (N-methyl/N-ethyl adjacent to an activating group) is 1. The summed E-state index contributed by atoms with van der Waals surface area (Å²) in [5.74, 6) is 0.611. The highest BCUT2D eigenvalue weighted by molar-refractivity contribution is 7.16. The van der Waals surface area contributed by atoms with Crippen LogP contribution in [0.15, 0.2) is 65.7 Å². The van der Waals surface area contributed by atoms with Crippen molar-refractivity contribution in [1.82, 2.24) is 9.80 Å². The molecule has 214 valence electrons. The number of quaternary nitrogens is 1. The number of thiophene rings is 1. The molecule has 0 bridgehead atoms. The van der Waals surface area contributed by atoms with Crippen molar-refractivity contribution in [1.29, 1.82) is 0 Å². The molecule has 1 unspecified atom stereocenters. The maximum atomic E-state index is 13.1. The second-order valence-electron chi connectivity index (χ2n) is 11.2. The zero-order chi connectivity index (χ0) is 28.4. The van der Waals surface area contributed by atoms with Gasteiger partial charge in [0.25, 0.3) is 0 Å². The van der Waals surface area contributed by atoms with E-state index in [1.807, 2.05) is 48.5 Å². The molecule has 1 aromatic heterocycles. The molecule has 1 amide bonds. The van der Waals surface area contributed by atoms with Crippen LogP contribution in [0.5, 0.6) is 0 Å². The number of aryl methyl sites for hydroxylation is 1. The van der Waals surface area contributed by atoms with Crippen LogP contribution in [0.4, 0.5) is 21.2 Å². The molecule has 2 fully saturated rings. The van der Waals surface area contributed by atoms with Crippen molar-refractivity contribution in [3.8, 4) is 0 Å². The average molecular weight is 575 g/mol. The van der Waals surface area contributed by atoms with E-state index in [4.69, 9.17) is 14.5 Å². The number of nitrogens with zero attached hydrogens (tertiary/aromatic N) is 4. The van der Waals surface area contributed by atoms with Gasteiger partial charge in [-0.15, -0.1) is 11.3 Å². The van der Waals surface area contributed by atoms with E-state index in [0.717, 1.165) is 65.9 Å². The highest BCUT2D eigenvalue weighted by Gasteiger charge is 2.38. The molecule has 1 N–H and O–H groups in total. The number of anilines is 2. The summed E-state index contributed by atoms with van der Waals surface area (Å²) in [7, 11) is 2.12. The minimum absolute atomic E-state index is 0.198. The smallest absolute Gasteiger partial charge is 0.414 e. The maximum absolute atomic E-state index is 13.1. The Labute approximate surface area is 244 Å². The van der Waals surface area contributed by atoms with Gasteiger partial charge in [0.15, 0.2) is 0 Å². The number of ether oxygens (including phenoxy) is 2. The van der Waals surface area contributed by atoms with Gasteiger partial charge in [-0.3, -0.25) is 9.38 Å². The number of amidine groups is 1. The molecule has 6 rings (SSSR count). The summed E-state index contributed by atoms with van der Waals surface area (Å²) < 4.78 is 11.9. The highest BCUT2D eigenvalue weighted by Crippen LogP contribution is 2.39. The summed E-state index contributed by atoms with van der Waals surface area (Å²) in [5.41, 5.74) is 4.00. The average Bonchev–Trinajstić information content (AvgIpc) is 3.59. The molecule has 3 aliphatic rings. The number of para-hydroxylation sites is 2. The van der Waals surface area contributed by atoms with Gasteiger partial charge in [0.1, 0.15) is 23.5 Å². The number of fused-ring (bicyclic) bond motifs is 2. The Morgan fingerprint density at radius 1 is 1.05 bits per heavy atom. The molecule has 2 aromatic carbocycles. The van der Waals surface area contributed by atoms with E-state index in [-0.39, 0.29) is 19.3 Å². The fraction of sp³-hybridized carbons (Fsp3) is 0.387. The molecule has 4 heterocycles. The van der Waals surface area contributed by atoms with Gasteiger partial charge in [0.05, 0.1) is 50.2 Å². The van der Waals surface area contributed by atoms with Crippen molar-refractivity contribution < 1.29 is 23.5 Å². The highest BCUT2D eigenvalue weighted by atomic mass is 32.1. The zero-order valence-electron chi connectivity index (χ0n) is 23.5. The standard InChI is InChI=1S/C31H36N5O4S/c1-22-19-24-28(32-25-11-6-7-12-26(25)33-29(24)41-22)34-15-17-36(2,18-16-34)21-40-31(38)35-14-8-13-27(35)30(37)39-20-23-9-4-3-5-10-23/h3-7,9-12,19,27,33H,8,13-18,20-21H2,1-2H3/q+1. The van der Waals surface area contributed by atoms with E-state index >= 15 is 0 Å². The first-order chi connectivity index (χ1) is 19.9. The van der Waals surface area contributed by atoms with Crippen molar-refractivity contribution in [3.63, 3.8) is 0 Å². The van der Waals surface area contributed by atoms with Crippen molar-refractivity contribution in [2.75, 3.05) is 51.8 Å². The second-order valence-corrected chi connectivity index (χ2v) is 12.5. The lowest BCUT2D eigenvalue weighted by atomic mass is 10.2. The van der Waals surface area contributed by atoms with Gasteiger partial charge in [-0.05, 0) is 43.5 Å². The normalized spacial score (nSPS) is 19.4. The monoisotopic (exact) mass is 574 g/mol. The Bertz CT molecular complexity index is 1450. The molecule has 0 radical (unpaired) electrons. The summed E-state index contributed by atoms with van der Waals surface area (Å²) in [6.07, 6.45) is 0.902. The quantitative estimate of drug-likeness (QED) is 0.331. The number of likely N-dealkylation sites (tertiary alicyclic amines) is 1. The Kier molecular flexibility index (Phi) is 7.68. The number of amides is 1. The minimum atomic E-state index is -0.596. The third-order valence-electron chi connectivity index (χ3n) is 8.08. The Morgan fingerprint density at radius 3 is 2.61 bits per heavy atom. The van der Waals surface area contributed by atoms with Gasteiger partial charge in [-0.25, -0.2) is 14.6 Å². The summed E-state index contributed by atoms with van der Waals surface area (Å²) in [6.45, 7) is 6.28. The molecule has 0 saturated carbocycles. The van der Waals surface area contributed by atoms with E-state index in [9.17, 15) is 9.59 Å². The number of benzene rings is 2. The van der Waals surface area contributed by atoms with Crippen LogP contribution < -0.4 is 5.32 Å². The van der Waals surface area contributed by atoms with Crippen LogP contribution in [0.2, 0.25) is 0 Å². The Hall–Kier alpha value is -3.89.